The van der Waals surface area contributed by atoms with Crippen molar-refractivity contribution >= 4 is 11.0 Å². The zero-order valence-corrected chi connectivity index (χ0v) is 17.4. The van der Waals surface area contributed by atoms with Gasteiger partial charge >= 0.3 is 0 Å². The fraction of sp³-hybridized carbons (Fsp3) is 0.120. The highest BCUT2D eigenvalue weighted by Crippen LogP contribution is 2.35. The molecule has 3 heterocycles. The molecule has 3 aromatic heterocycles. The predicted octanol–water partition coefficient (Wildman–Crippen LogP) is 5.16. The lowest BCUT2D eigenvalue weighted by Crippen LogP contribution is -1.99. The van der Waals surface area contributed by atoms with Gasteiger partial charge in [-0.05, 0) is 29.3 Å². The van der Waals surface area contributed by atoms with Crippen LogP contribution in [0.4, 0.5) is 0 Å². The Morgan fingerprint density at radius 3 is 2.52 bits per heavy atom. The Bertz CT molecular complexity index is 1340. The van der Waals surface area contributed by atoms with Crippen molar-refractivity contribution < 1.29 is 9.47 Å². The number of benzene rings is 2. The van der Waals surface area contributed by atoms with Crippen molar-refractivity contribution in [3.63, 3.8) is 0 Å². The highest BCUT2D eigenvalue weighted by atomic mass is 16.5. The predicted molar refractivity (Wildman–Crippen MR) is 121 cm³/mol. The molecule has 154 valence electrons. The zero-order chi connectivity index (χ0) is 21.2. The first-order valence-electron chi connectivity index (χ1n) is 10.0. The zero-order valence-electron chi connectivity index (χ0n) is 17.4. The third-order valence-corrected chi connectivity index (χ3v) is 5.38. The van der Waals surface area contributed by atoms with Crippen LogP contribution in [0.5, 0.6) is 11.5 Å². The molecule has 0 aliphatic carbocycles. The van der Waals surface area contributed by atoms with Crippen molar-refractivity contribution in [3.05, 3.63) is 84.9 Å². The Kier molecular flexibility index (Phi) is 4.88. The van der Waals surface area contributed by atoms with Crippen LogP contribution < -0.4 is 9.47 Å². The second-order valence-corrected chi connectivity index (χ2v) is 7.30. The lowest BCUT2D eigenvalue weighted by atomic mass is 10.0. The molecule has 0 unspecified atom stereocenters. The molecule has 0 fully saturated rings. The van der Waals surface area contributed by atoms with Gasteiger partial charge in [-0.15, -0.1) is 0 Å². The number of H-pyrrole nitrogens is 1. The van der Waals surface area contributed by atoms with Gasteiger partial charge in [-0.2, -0.15) is 5.10 Å². The van der Waals surface area contributed by atoms with Gasteiger partial charge in [-0.3, -0.25) is 4.68 Å². The minimum Gasteiger partial charge on any atom is -0.493 e. The first kappa shape index (κ1) is 18.9. The third kappa shape index (κ3) is 3.64. The fourth-order valence-corrected chi connectivity index (χ4v) is 3.78. The van der Waals surface area contributed by atoms with Crippen molar-refractivity contribution in [2.75, 3.05) is 14.2 Å². The van der Waals surface area contributed by atoms with E-state index >= 15 is 0 Å². The molecule has 6 heteroatoms. The van der Waals surface area contributed by atoms with E-state index in [4.69, 9.17) is 9.47 Å². The molecule has 0 aliphatic heterocycles. The van der Waals surface area contributed by atoms with Crippen LogP contribution in [-0.4, -0.2) is 34.0 Å². The second kappa shape index (κ2) is 7.99. The molecule has 5 rings (SSSR count). The Hall–Kier alpha value is -4.06. The molecule has 6 nitrogen and oxygen atoms in total. The van der Waals surface area contributed by atoms with Crippen molar-refractivity contribution in [1.29, 1.82) is 0 Å². The van der Waals surface area contributed by atoms with Gasteiger partial charge in [0.1, 0.15) is 5.65 Å². The van der Waals surface area contributed by atoms with E-state index in [1.54, 1.807) is 14.2 Å². The van der Waals surface area contributed by atoms with Crippen molar-refractivity contribution in [2.24, 2.45) is 0 Å². The maximum Gasteiger partial charge on any atom is 0.161 e. The van der Waals surface area contributed by atoms with Gasteiger partial charge in [0.05, 0.1) is 27.0 Å². The minimum atomic E-state index is 0.691. The van der Waals surface area contributed by atoms with E-state index in [2.05, 4.69) is 39.5 Å². The highest BCUT2D eigenvalue weighted by molar-refractivity contribution is 5.95. The summed E-state index contributed by atoms with van der Waals surface area (Å²) in [7, 11) is 3.27. The number of nitrogens with one attached hydrogen (secondary N) is 1. The molecule has 0 saturated carbocycles. The van der Waals surface area contributed by atoms with E-state index in [1.807, 2.05) is 59.7 Å². The summed E-state index contributed by atoms with van der Waals surface area (Å²) < 4.78 is 12.8. The Morgan fingerprint density at radius 2 is 1.71 bits per heavy atom. The summed E-state index contributed by atoms with van der Waals surface area (Å²) in [6.07, 6.45) is 7.82. The lowest BCUT2D eigenvalue weighted by Gasteiger charge is -2.09. The summed E-state index contributed by atoms with van der Waals surface area (Å²) in [5.41, 5.74) is 6.20. The Balaban J connectivity index is 1.50. The molecule has 31 heavy (non-hydrogen) atoms. The van der Waals surface area contributed by atoms with Crippen LogP contribution >= 0.6 is 0 Å². The first-order chi connectivity index (χ1) is 15.2. The van der Waals surface area contributed by atoms with Gasteiger partial charge in [0, 0.05) is 40.7 Å². The molecule has 0 aliphatic rings. The van der Waals surface area contributed by atoms with Gasteiger partial charge < -0.3 is 14.5 Å². The fourth-order valence-electron chi connectivity index (χ4n) is 3.78. The summed E-state index contributed by atoms with van der Waals surface area (Å²) in [5.74, 6) is 1.39. The van der Waals surface area contributed by atoms with Gasteiger partial charge in [-0.1, -0.05) is 36.4 Å². The van der Waals surface area contributed by atoms with E-state index in [9.17, 15) is 0 Å². The van der Waals surface area contributed by atoms with Gasteiger partial charge in [-0.25, -0.2) is 4.98 Å². The number of aromatic amines is 1. The van der Waals surface area contributed by atoms with Crippen LogP contribution in [0.15, 0.2) is 79.4 Å². The van der Waals surface area contributed by atoms with E-state index in [-0.39, 0.29) is 0 Å². The van der Waals surface area contributed by atoms with E-state index in [0.29, 0.717) is 11.5 Å². The monoisotopic (exact) mass is 410 g/mol. The first-order valence-corrected chi connectivity index (χ1v) is 10.0. The average molecular weight is 410 g/mol. The van der Waals surface area contributed by atoms with E-state index in [1.165, 1.54) is 5.56 Å². The van der Waals surface area contributed by atoms with E-state index in [0.717, 1.165) is 39.8 Å². The van der Waals surface area contributed by atoms with E-state index < -0.39 is 0 Å². The number of pyridine rings is 1. The molecule has 2 aromatic carbocycles. The number of aromatic nitrogens is 4. The van der Waals surface area contributed by atoms with Crippen molar-refractivity contribution in [3.8, 4) is 33.8 Å². The summed E-state index contributed by atoms with van der Waals surface area (Å²) in [5, 5.41) is 5.60. The summed E-state index contributed by atoms with van der Waals surface area (Å²) in [4.78, 5) is 7.89. The number of ether oxygens (including phenoxy) is 2. The maximum atomic E-state index is 5.45. The molecular formula is C25H22N4O2. The van der Waals surface area contributed by atoms with Crippen LogP contribution in [-0.2, 0) is 6.54 Å². The van der Waals surface area contributed by atoms with Crippen LogP contribution in [0.1, 0.15) is 5.56 Å². The number of hydrogen-bond acceptors (Lipinski definition) is 4. The van der Waals surface area contributed by atoms with Crippen LogP contribution in [0.2, 0.25) is 0 Å². The minimum absolute atomic E-state index is 0.691. The van der Waals surface area contributed by atoms with Crippen molar-refractivity contribution in [2.45, 2.75) is 6.54 Å². The summed E-state index contributed by atoms with van der Waals surface area (Å²) in [6, 6.07) is 18.3. The molecule has 1 N–H and O–H groups in total. The van der Waals surface area contributed by atoms with Crippen LogP contribution in [0.25, 0.3) is 33.3 Å². The quantitative estimate of drug-likeness (QED) is 0.420. The number of fused-ring (bicyclic) bond motifs is 1. The Labute approximate surface area is 180 Å². The lowest BCUT2D eigenvalue weighted by molar-refractivity contribution is 0.355. The highest BCUT2D eigenvalue weighted by Gasteiger charge is 2.12. The molecular weight excluding hydrogens is 388 g/mol. The normalized spacial score (nSPS) is 11.0. The van der Waals surface area contributed by atoms with Gasteiger partial charge in [0.15, 0.2) is 11.5 Å². The summed E-state index contributed by atoms with van der Waals surface area (Å²) in [6.45, 7) is 0.734. The summed E-state index contributed by atoms with van der Waals surface area (Å²) >= 11 is 0. The molecule has 0 bridgehead atoms. The topological polar surface area (TPSA) is 65.0 Å². The maximum absolute atomic E-state index is 5.45. The molecule has 0 atom stereocenters. The SMILES string of the molecule is COc1ccc(-c2cnc3[nH]cc(-c4cnn(Cc5ccccc5)c4)c3c2)cc1OC. The third-order valence-electron chi connectivity index (χ3n) is 5.38. The Morgan fingerprint density at radius 1 is 0.871 bits per heavy atom. The molecule has 0 saturated heterocycles. The van der Waals surface area contributed by atoms with Crippen LogP contribution in [0, 0.1) is 0 Å². The molecule has 0 spiro atoms. The number of rotatable bonds is 6. The second-order valence-electron chi connectivity index (χ2n) is 7.30. The van der Waals surface area contributed by atoms with Crippen molar-refractivity contribution in [1.82, 2.24) is 19.7 Å². The van der Waals surface area contributed by atoms with Crippen LogP contribution in [0.3, 0.4) is 0 Å². The standard InChI is InChI=1S/C25H22N4O2/c1-30-23-9-8-18(11-24(23)31-2)19-10-21-22(14-27-25(21)26-12-19)20-13-28-29(16-20)15-17-6-4-3-5-7-17/h3-14,16H,15H2,1-2H3,(H,26,27). The van der Waals surface area contributed by atoms with Gasteiger partial charge in [0.2, 0.25) is 0 Å². The largest absolute Gasteiger partial charge is 0.493 e. The number of hydrogen-bond donors (Lipinski definition) is 1. The molecule has 0 amide bonds. The molecule has 0 radical (unpaired) electrons. The van der Waals surface area contributed by atoms with Gasteiger partial charge in [0.25, 0.3) is 0 Å². The number of methoxy groups -OCH3 is 2. The average Bonchev–Trinajstić information content (AvgIpc) is 3.45. The smallest absolute Gasteiger partial charge is 0.161 e. The number of nitrogens with zero attached hydrogens (tertiary/aromatic N) is 3. The molecule has 5 aromatic rings.